The van der Waals surface area contributed by atoms with Crippen LogP contribution < -0.4 is 5.32 Å². The predicted molar refractivity (Wildman–Crippen MR) is 61.5 cm³/mol. The number of amides is 1. The van der Waals surface area contributed by atoms with E-state index in [-0.39, 0.29) is 5.91 Å². The molecule has 0 aliphatic heterocycles. The number of nitrogens with zero attached hydrogens (tertiary/aromatic N) is 2. The van der Waals surface area contributed by atoms with Gasteiger partial charge in [0, 0.05) is 25.0 Å². The van der Waals surface area contributed by atoms with Crippen LogP contribution in [0.25, 0.3) is 0 Å². The van der Waals surface area contributed by atoms with E-state index < -0.39 is 0 Å². The van der Waals surface area contributed by atoms with Crippen LogP contribution in [0.15, 0.2) is 35.1 Å². The van der Waals surface area contributed by atoms with E-state index in [1.165, 1.54) is 0 Å². The second-order valence-corrected chi connectivity index (χ2v) is 3.69. The van der Waals surface area contributed by atoms with Crippen LogP contribution in [0.3, 0.4) is 0 Å². The molecule has 17 heavy (non-hydrogen) atoms. The van der Waals surface area contributed by atoms with Gasteiger partial charge in [0.1, 0.15) is 5.76 Å². The van der Waals surface area contributed by atoms with Crippen molar-refractivity contribution in [1.82, 2.24) is 15.5 Å². The Bertz CT molecular complexity index is 493. The number of aromatic nitrogens is 2. The molecule has 0 fully saturated rings. The van der Waals surface area contributed by atoms with Crippen LogP contribution in [0.5, 0.6) is 0 Å². The minimum absolute atomic E-state index is 0.217. The number of carbonyl (C=O) groups excluding carboxylic acids is 1. The monoisotopic (exact) mass is 231 g/mol. The highest BCUT2D eigenvalue weighted by molar-refractivity contribution is 5.92. The number of rotatable bonds is 4. The van der Waals surface area contributed by atoms with Crippen molar-refractivity contribution in [2.75, 3.05) is 6.54 Å². The topological polar surface area (TPSA) is 68.0 Å². The Labute approximate surface area is 98.8 Å². The lowest BCUT2D eigenvalue weighted by molar-refractivity contribution is 0.0945. The Balaban J connectivity index is 1.81. The molecule has 2 aromatic rings. The number of hydrogen-bond donors (Lipinski definition) is 1. The summed E-state index contributed by atoms with van der Waals surface area (Å²) in [4.78, 5) is 15.6. The third-order valence-corrected chi connectivity index (χ3v) is 2.28. The molecule has 0 aliphatic rings. The van der Waals surface area contributed by atoms with E-state index in [2.05, 4.69) is 15.5 Å². The number of pyridine rings is 1. The van der Waals surface area contributed by atoms with Crippen LogP contribution in [0.4, 0.5) is 0 Å². The molecule has 1 amide bonds. The van der Waals surface area contributed by atoms with Gasteiger partial charge in [-0.1, -0.05) is 11.2 Å². The summed E-state index contributed by atoms with van der Waals surface area (Å²) in [6.45, 7) is 2.30. The molecule has 0 saturated heterocycles. The molecule has 2 heterocycles. The standard InChI is InChI=1S/C12H13N3O2/c1-9-7-11(15-17-9)12(16)14-6-4-10-3-2-5-13-8-10/h2-3,5,7-8H,4,6H2,1H3,(H,14,16). The summed E-state index contributed by atoms with van der Waals surface area (Å²) in [5.41, 5.74) is 1.40. The molecule has 0 unspecified atom stereocenters. The fourth-order valence-electron chi connectivity index (χ4n) is 1.43. The molecule has 1 N–H and O–H groups in total. The van der Waals surface area contributed by atoms with Gasteiger partial charge in [-0.25, -0.2) is 0 Å². The molecular weight excluding hydrogens is 218 g/mol. The SMILES string of the molecule is Cc1cc(C(=O)NCCc2cccnc2)no1. The number of aryl methyl sites for hydroxylation is 1. The highest BCUT2D eigenvalue weighted by Crippen LogP contribution is 2.01. The molecule has 88 valence electrons. The molecule has 5 nitrogen and oxygen atoms in total. The first-order valence-electron chi connectivity index (χ1n) is 5.36. The maximum absolute atomic E-state index is 11.6. The van der Waals surface area contributed by atoms with Crippen molar-refractivity contribution in [2.24, 2.45) is 0 Å². The lowest BCUT2D eigenvalue weighted by atomic mass is 10.2. The first kappa shape index (κ1) is 11.3. The lowest BCUT2D eigenvalue weighted by Gasteiger charge is -2.02. The fourth-order valence-corrected chi connectivity index (χ4v) is 1.43. The van der Waals surface area contributed by atoms with Crippen molar-refractivity contribution in [3.8, 4) is 0 Å². The minimum atomic E-state index is -0.217. The molecular formula is C12H13N3O2. The Morgan fingerprint density at radius 3 is 3.06 bits per heavy atom. The molecule has 0 spiro atoms. The van der Waals surface area contributed by atoms with E-state index in [0.29, 0.717) is 18.0 Å². The van der Waals surface area contributed by atoms with E-state index in [4.69, 9.17) is 4.52 Å². The zero-order valence-electron chi connectivity index (χ0n) is 9.51. The first-order chi connectivity index (χ1) is 8.25. The molecule has 0 bridgehead atoms. The molecule has 0 aromatic carbocycles. The molecule has 2 aromatic heterocycles. The van der Waals surface area contributed by atoms with Crippen molar-refractivity contribution >= 4 is 5.91 Å². The summed E-state index contributed by atoms with van der Waals surface area (Å²) < 4.78 is 4.83. The van der Waals surface area contributed by atoms with Crippen molar-refractivity contribution in [3.63, 3.8) is 0 Å². The van der Waals surface area contributed by atoms with Crippen molar-refractivity contribution in [2.45, 2.75) is 13.3 Å². The highest BCUT2D eigenvalue weighted by Gasteiger charge is 2.09. The second kappa shape index (κ2) is 5.25. The third kappa shape index (κ3) is 3.14. The van der Waals surface area contributed by atoms with Gasteiger partial charge in [0.05, 0.1) is 0 Å². The molecule has 0 saturated carbocycles. The molecule has 2 rings (SSSR count). The number of carbonyl (C=O) groups is 1. The lowest BCUT2D eigenvalue weighted by Crippen LogP contribution is -2.25. The van der Waals surface area contributed by atoms with Crippen molar-refractivity contribution < 1.29 is 9.32 Å². The third-order valence-electron chi connectivity index (χ3n) is 2.28. The van der Waals surface area contributed by atoms with Crippen LogP contribution in [0.2, 0.25) is 0 Å². The van der Waals surface area contributed by atoms with Crippen LogP contribution in [-0.2, 0) is 6.42 Å². The summed E-state index contributed by atoms with van der Waals surface area (Å²) in [5, 5.41) is 6.41. The summed E-state index contributed by atoms with van der Waals surface area (Å²) in [5.74, 6) is 0.410. The average Bonchev–Trinajstić information content (AvgIpc) is 2.77. The molecule has 0 atom stereocenters. The van der Waals surface area contributed by atoms with Crippen LogP contribution >= 0.6 is 0 Å². The Morgan fingerprint density at radius 2 is 2.41 bits per heavy atom. The Hall–Kier alpha value is -2.17. The molecule has 0 aliphatic carbocycles. The molecule has 5 heteroatoms. The van der Waals surface area contributed by atoms with Gasteiger partial charge < -0.3 is 9.84 Å². The molecule has 0 radical (unpaired) electrons. The quantitative estimate of drug-likeness (QED) is 0.862. The van der Waals surface area contributed by atoms with Gasteiger partial charge in [-0.2, -0.15) is 0 Å². The van der Waals surface area contributed by atoms with E-state index in [1.807, 2.05) is 12.1 Å². The van der Waals surface area contributed by atoms with E-state index in [1.54, 1.807) is 25.4 Å². The van der Waals surface area contributed by atoms with Gasteiger partial charge in [0.15, 0.2) is 5.69 Å². The Kier molecular flexibility index (Phi) is 3.49. The number of nitrogens with one attached hydrogen (secondary N) is 1. The van der Waals surface area contributed by atoms with E-state index >= 15 is 0 Å². The van der Waals surface area contributed by atoms with Gasteiger partial charge in [-0.05, 0) is 25.0 Å². The maximum Gasteiger partial charge on any atom is 0.273 e. The normalized spacial score (nSPS) is 10.2. The zero-order valence-corrected chi connectivity index (χ0v) is 9.51. The summed E-state index contributed by atoms with van der Waals surface area (Å²) in [6, 6.07) is 5.46. The van der Waals surface area contributed by atoms with Crippen molar-refractivity contribution in [3.05, 3.63) is 47.6 Å². The van der Waals surface area contributed by atoms with E-state index in [0.717, 1.165) is 12.0 Å². The van der Waals surface area contributed by atoms with E-state index in [9.17, 15) is 4.79 Å². The fraction of sp³-hybridized carbons (Fsp3) is 0.250. The highest BCUT2D eigenvalue weighted by atomic mass is 16.5. The summed E-state index contributed by atoms with van der Waals surface area (Å²) >= 11 is 0. The summed E-state index contributed by atoms with van der Waals surface area (Å²) in [6.07, 6.45) is 4.25. The van der Waals surface area contributed by atoms with Gasteiger partial charge in [-0.15, -0.1) is 0 Å². The minimum Gasteiger partial charge on any atom is -0.361 e. The first-order valence-corrected chi connectivity index (χ1v) is 5.36. The average molecular weight is 231 g/mol. The smallest absolute Gasteiger partial charge is 0.273 e. The van der Waals surface area contributed by atoms with Gasteiger partial charge in [0.2, 0.25) is 0 Å². The zero-order chi connectivity index (χ0) is 12.1. The maximum atomic E-state index is 11.6. The predicted octanol–water partition coefficient (Wildman–Crippen LogP) is 1.35. The summed E-state index contributed by atoms with van der Waals surface area (Å²) in [7, 11) is 0. The van der Waals surface area contributed by atoms with Crippen LogP contribution in [0.1, 0.15) is 21.8 Å². The van der Waals surface area contributed by atoms with Crippen LogP contribution in [0, 0.1) is 6.92 Å². The Morgan fingerprint density at radius 1 is 1.53 bits per heavy atom. The number of hydrogen-bond acceptors (Lipinski definition) is 4. The van der Waals surface area contributed by atoms with Gasteiger partial charge in [-0.3, -0.25) is 9.78 Å². The second-order valence-electron chi connectivity index (χ2n) is 3.69. The van der Waals surface area contributed by atoms with Gasteiger partial charge >= 0.3 is 0 Å². The van der Waals surface area contributed by atoms with Gasteiger partial charge in [0.25, 0.3) is 5.91 Å². The largest absolute Gasteiger partial charge is 0.361 e. The van der Waals surface area contributed by atoms with Crippen molar-refractivity contribution in [1.29, 1.82) is 0 Å². The van der Waals surface area contributed by atoms with Crippen LogP contribution in [-0.4, -0.2) is 22.6 Å².